The number of nitrogens with zero attached hydrogens (tertiary/aromatic N) is 2. The molecule has 2 rings (SSSR count). The number of amides is 1. The van der Waals surface area contributed by atoms with Crippen LogP contribution < -0.4 is 15.8 Å². The van der Waals surface area contributed by atoms with Gasteiger partial charge in [-0.05, 0) is 29.3 Å². The zero-order chi connectivity index (χ0) is 13.0. The van der Waals surface area contributed by atoms with Gasteiger partial charge in [0.2, 0.25) is 5.88 Å². The smallest absolute Gasteiger partial charge is 0.391 e. The molecule has 2 aromatic heterocycles. The monoisotopic (exact) mass is 244 g/mol. The first-order valence-electron chi connectivity index (χ1n) is 5.26. The molecule has 3 N–H and O–H groups in total. The minimum Gasteiger partial charge on any atom is -0.391 e. The molecule has 0 aliphatic rings. The lowest BCUT2D eigenvalue weighted by Gasteiger charge is -2.05. The molecule has 0 atom stereocenters. The van der Waals surface area contributed by atoms with Crippen molar-refractivity contribution in [2.45, 2.75) is 0 Å². The van der Waals surface area contributed by atoms with Crippen molar-refractivity contribution < 1.29 is 9.53 Å². The Hall–Kier alpha value is -2.63. The van der Waals surface area contributed by atoms with Gasteiger partial charge < -0.3 is 15.8 Å². The van der Waals surface area contributed by atoms with Crippen LogP contribution >= 0.6 is 0 Å². The molecule has 2 heterocycles. The topological polar surface area (TPSA) is 90.1 Å². The average molecular weight is 244 g/mol. The van der Waals surface area contributed by atoms with Crippen LogP contribution in [0.15, 0.2) is 36.7 Å². The summed E-state index contributed by atoms with van der Waals surface area (Å²) in [6, 6.07) is 7.00. The van der Waals surface area contributed by atoms with E-state index in [2.05, 4.69) is 15.3 Å². The Labute approximate surface area is 104 Å². The van der Waals surface area contributed by atoms with Crippen LogP contribution in [0.25, 0.3) is 11.1 Å². The summed E-state index contributed by atoms with van der Waals surface area (Å²) in [5.74, 6) is 0.653. The fourth-order valence-corrected chi connectivity index (χ4v) is 1.42. The minimum atomic E-state index is -0.561. The molecule has 0 aliphatic carbocycles. The number of hydrogen-bond donors (Lipinski definition) is 2. The molecule has 0 aliphatic heterocycles. The summed E-state index contributed by atoms with van der Waals surface area (Å²) < 4.78 is 4.95. The fourth-order valence-electron chi connectivity index (χ4n) is 1.42. The van der Waals surface area contributed by atoms with Gasteiger partial charge in [0.25, 0.3) is 0 Å². The summed E-state index contributed by atoms with van der Waals surface area (Å²) in [7, 11) is 1.48. The van der Waals surface area contributed by atoms with Gasteiger partial charge in [-0.3, -0.25) is 0 Å². The van der Waals surface area contributed by atoms with Gasteiger partial charge in [-0.15, -0.1) is 0 Å². The molecule has 0 aromatic carbocycles. The van der Waals surface area contributed by atoms with Crippen molar-refractivity contribution in [1.29, 1.82) is 0 Å². The number of carbonyl (C=O) groups is 1. The van der Waals surface area contributed by atoms with E-state index in [1.807, 2.05) is 6.07 Å². The number of rotatable bonds is 2. The van der Waals surface area contributed by atoms with Crippen LogP contribution in [-0.2, 0) is 0 Å². The van der Waals surface area contributed by atoms with Gasteiger partial charge in [-0.2, -0.15) is 0 Å². The Morgan fingerprint density at radius 3 is 2.56 bits per heavy atom. The Morgan fingerprint density at radius 1 is 1.22 bits per heavy atom. The summed E-state index contributed by atoms with van der Waals surface area (Å²) in [5.41, 5.74) is 7.34. The normalized spacial score (nSPS) is 9.83. The van der Waals surface area contributed by atoms with E-state index in [1.54, 1.807) is 30.6 Å². The van der Waals surface area contributed by atoms with Crippen LogP contribution in [0.2, 0.25) is 0 Å². The molecule has 0 fully saturated rings. The third kappa shape index (κ3) is 2.73. The van der Waals surface area contributed by atoms with Crippen LogP contribution in [-0.4, -0.2) is 23.1 Å². The Balaban J connectivity index is 2.29. The molecule has 0 unspecified atom stereocenters. The predicted molar refractivity (Wildman–Crippen MR) is 67.0 cm³/mol. The second-order valence-electron chi connectivity index (χ2n) is 3.49. The summed E-state index contributed by atoms with van der Waals surface area (Å²) in [6.45, 7) is 0. The lowest BCUT2D eigenvalue weighted by Crippen LogP contribution is -2.22. The fraction of sp³-hybridized carbons (Fsp3) is 0.0833. The molecule has 2 aromatic rings. The Morgan fingerprint density at radius 2 is 1.89 bits per heavy atom. The standard InChI is InChI=1S/C12H12N4O2/c1-14-12(17)18-11-7-9(3-5-16-11)8-2-4-15-10(13)6-8/h2-7H,1H3,(H2,13,15)(H,14,17). The number of aromatic nitrogens is 2. The van der Waals surface area contributed by atoms with E-state index in [0.717, 1.165) is 11.1 Å². The number of ether oxygens (including phenoxy) is 1. The number of nitrogens with two attached hydrogens (primary N) is 1. The SMILES string of the molecule is CNC(=O)Oc1cc(-c2ccnc(N)c2)ccn1. The number of nitrogen functional groups attached to an aromatic ring is 1. The average Bonchev–Trinajstić information content (AvgIpc) is 2.39. The van der Waals surface area contributed by atoms with Gasteiger partial charge in [0.15, 0.2) is 0 Å². The zero-order valence-corrected chi connectivity index (χ0v) is 9.75. The molecular formula is C12H12N4O2. The highest BCUT2D eigenvalue weighted by Gasteiger charge is 2.05. The molecule has 92 valence electrons. The van der Waals surface area contributed by atoms with Gasteiger partial charge in [0.05, 0.1) is 0 Å². The molecule has 0 spiro atoms. The lowest BCUT2D eigenvalue weighted by atomic mass is 10.1. The van der Waals surface area contributed by atoms with Crippen LogP contribution in [0.1, 0.15) is 0 Å². The number of carbonyl (C=O) groups excluding carboxylic acids is 1. The summed E-state index contributed by atoms with van der Waals surface area (Å²) >= 11 is 0. The minimum absolute atomic E-state index is 0.224. The first kappa shape index (κ1) is 11.8. The zero-order valence-electron chi connectivity index (χ0n) is 9.75. The van der Waals surface area contributed by atoms with E-state index in [4.69, 9.17) is 10.5 Å². The Bertz CT molecular complexity index is 572. The first-order valence-corrected chi connectivity index (χ1v) is 5.26. The third-order valence-corrected chi connectivity index (χ3v) is 2.25. The Kier molecular flexibility index (Phi) is 3.38. The van der Waals surface area contributed by atoms with Crippen LogP contribution in [0, 0.1) is 0 Å². The second-order valence-corrected chi connectivity index (χ2v) is 3.49. The van der Waals surface area contributed by atoms with E-state index in [0.29, 0.717) is 5.82 Å². The lowest BCUT2D eigenvalue weighted by molar-refractivity contribution is 0.201. The van der Waals surface area contributed by atoms with Crippen molar-refractivity contribution in [3.63, 3.8) is 0 Å². The second kappa shape index (κ2) is 5.13. The van der Waals surface area contributed by atoms with E-state index < -0.39 is 6.09 Å². The van der Waals surface area contributed by atoms with Crippen molar-refractivity contribution in [3.05, 3.63) is 36.7 Å². The molecule has 0 bridgehead atoms. The maximum absolute atomic E-state index is 11.1. The van der Waals surface area contributed by atoms with Crippen LogP contribution in [0.5, 0.6) is 5.88 Å². The van der Waals surface area contributed by atoms with Crippen LogP contribution in [0.3, 0.4) is 0 Å². The van der Waals surface area contributed by atoms with E-state index in [9.17, 15) is 4.79 Å². The van der Waals surface area contributed by atoms with E-state index in [1.165, 1.54) is 7.05 Å². The first-order chi connectivity index (χ1) is 8.69. The molecule has 18 heavy (non-hydrogen) atoms. The molecule has 1 amide bonds. The molecule has 6 nitrogen and oxygen atoms in total. The van der Waals surface area contributed by atoms with Crippen molar-refractivity contribution in [2.24, 2.45) is 0 Å². The third-order valence-electron chi connectivity index (χ3n) is 2.25. The highest BCUT2D eigenvalue weighted by molar-refractivity contribution is 5.71. The van der Waals surface area contributed by atoms with Crippen molar-refractivity contribution in [1.82, 2.24) is 15.3 Å². The number of nitrogens with one attached hydrogen (secondary N) is 1. The quantitative estimate of drug-likeness (QED) is 0.834. The largest absolute Gasteiger partial charge is 0.413 e. The summed E-state index contributed by atoms with van der Waals surface area (Å²) in [4.78, 5) is 18.9. The van der Waals surface area contributed by atoms with Gasteiger partial charge >= 0.3 is 6.09 Å². The van der Waals surface area contributed by atoms with E-state index >= 15 is 0 Å². The highest BCUT2D eigenvalue weighted by atomic mass is 16.6. The molecule has 0 radical (unpaired) electrons. The predicted octanol–water partition coefficient (Wildman–Crippen LogP) is 1.44. The summed E-state index contributed by atoms with van der Waals surface area (Å²) in [6.07, 6.45) is 2.61. The molecule has 0 saturated heterocycles. The van der Waals surface area contributed by atoms with Gasteiger partial charge in [-0.1, -0.05) is 0 Å². The van der Waals surface area contributed by atoms with Gasteiger partial charge in [0, 0.05) is 25.5 Å². The summed E-state index contributed by atoms with van der Waals surface area (Å²) in [5, 5.41) is 2.35. The van der Waals surface area contributed by atoms with Crippen molar-refractivity contribution in [3.8, 4) is 17.0 Å². The number of pyridine rings is 2. The molecule has 6 heteroatoms. The van der Waals surface area contributed by atoms with Gasteiger partial charge in [0.1, 0.15) is 5.82 Å². The molecule has 0 saturated carbocycles. The molecular weight excluding hydrogens is 232 g/mol. The maximum atomic E-state index is 11.1. The number of anilines is 1. The van der Waals surface area contributed by atoms with Crippen molar-refractivity contribution in [2.75, 3.05) is 12.8 Å². The van der Waals surface area contributed by atoms with E-state index in [-0.39, 0.29) is 5.88 Å². The van der Waals surface area contributed by atoms with Crippen LogP contribution in [0.4, 0.5) is 10.6 Å². The number of hydrogen-bond acceptors (Lipinski definition) is 5. The maximum Gasteiger partial charge on any atom is 0.413 e. The van der Waals surface area contributed by atoms with Gasteiger partial charge in [-0.25, -0.2) is 14.8 Å². The highest BCUT2D eigenvalue weighted by Crippen LogP contribution is 2.22. The van der Waals surface area contributed by atoms with Crippen molar-refractivity contribution >= 4 is 11.9 Å².